The van der Waals surface area contributed by atoms with Crippen molar-refractivity contribution in [2.45, 2.75) is 32.4 Å². The summed E-state index contributed by atoms with van der Waals surface area (Å²) in [5, 5.41) is 0. The summed E-state index contributed by atoms with van der Waals surface area (Å²) in [6.45, 7) is 2.98. The average Bonchev–Trinajstić information content (AvgIpc) is 3.37. The van der Waals surface area contributed by atoms with Crippen LogP contribution in [0.15, 0.2) is 48.7 Å². The van der Waals surface area contributed by atoms with Crippen molar-refractivity contribution in [2.75, 3.05) is 20.3 Å². The van der Waals surface area contributed by atoms with Crippen LogP contribution in [-0.2, 0) is 22.6 Å². The lowest BCUT2D eigenvalue weighted by molar-refractivity contribution is -0.133. The van der Waals surface area contributed by atoms with Gasteiger partial charge in [-0.1, -0.05) is 30.3 Å². The number of benzene rings is 1. The van der Waals surface area contributed by atoms with Gasteiger partial charge in [0.05, 0.1) is 6.54 Å². The summed E-state index contributed by atoms with van der Waals surface area (Å²) in [7, 11) is 1.71. The average molecular weight is 326 g/mol. The minimum absolute atomic E-state index is 0.255. The van der Waals surface area contributed by atoms with Crippen LogP contribution in [0.2, 0.25) is 0 Å². The zero-order valence-corrected chi connectivity index (χ0v) is 14.4. The van der Waals surface area contributed by atoms with E-state index in [1.165, 1.54) is 11.3 Å². The smallest absolute Gasteiger partial charge is 0.226 e. The number of nitrogens with zero attached hydrogens (tertiary/aromatic N) is 2. The highest BCUT2D eigenvalue weighted by atomic mass is 16.5. The normalized spacial score (nSPS) is 13.9. The second kappa shape index (κ2) is 8.15. The van der Waals surface area contributed by atoms with Gasteiger partial charge >= 0.3 is 0 Å². The molecule has 1 aromatic heterocycles. The molecule has 1 aliphatic carbocycles. The van der Waals surface area contributed by atoms with E-state index in [-0.39, 0.29) is 5.92 Å². The first kappa shape index (κ1) is 16.8. The SMILES string of the molecule is COCCCN(Cc1cccn1Cc1ccccc1)C(=O)C1CC1. The van der Waals surface area contributed by atoms with Gasteiger partial charge < -0.3 is 14.2 Å². The van der Waals surface area contributed by atoms with E-state index in [2.05, 4.69) is 47.2 Å². The first-order valence-corrected chi connectivity index (χ1v) is 8.73. The monoisotopic (exact) mass is 326 g/mol. The quantitative estimate of drug-likeness (QED) is 0.663. The van der Waals surface area contributed by atoms with Gasteiger partial charge in [0.2, 0.25) is 5.91 Å². The van der Waals surface area contributed by atoms with E-state index < -0.39 is 0 Å². The summed E-state index contributed by atoms with van der Waals surface area (Å²) in [5.41, 5.74) is 2.46. The molecule has 0 saturated heterocycles. The molecule has 1 fully saturated rings. The predicted octanol–water partition coefficient (Wildman–Crippen LogP) is 3.31. The van der Waals surface area contributed by atoms with Crippen LogP contribution in [0.4, 0.5) is 0 Å². The fraction of sp³-hybridized carbons (Fsp3) is 0.450. The number of hydrogen-bond donors (Lipinski definition) is 0. The lowest BCUT2D eigenvalue weighted by Gasteiger charge is -2.23. The molecule has 0 spiro atoms. The van der Waals surface area contributed by atoms with Crippen molar-refractivity contribution in [3.63, 3.8) is 0 Å². The summed E-state index contributed by atoms with van der Waals surface area (Å²) in [5.74, 6) is 0.559. The summed E-state index contributed by atoms with van der Waals surface area (Å²) < 4.78 is 7.38. The molecular weight excluding hydrogens is 300 g/mol. The molecule has 4 heteroatoms. The van der Waals surface area contributed by atoms with E-state index in [1.54, 1.807) is 7.11 Å². The largest absolute Gasteiger partial charge is 0.385 e. The van der Waals surface area contributed by atoms with Crippen LogP contribution in [0.3, 0.4) is 0 Å². The topological polar surface area (TPSA) is 34.5 Å². The molecule has 0 aliphatic heterocycles. The molecule has 4 nitrogen and oxygen atoms in total. The van der Waals surface area contributed by atoms with Crippen molar-refractivity contribution in [3.8, 4) is 0 Å². The molecule has 128 valence electrons. The third kappa shape index (κ3) is 4.48. The third-order valence-corrected chi connectivity index (χ3v) is 4.49. The van der Waals surface area contributed by atoms with Gasteiger partial charge in [-0.05, 0) is 37.0 Å². The van der Waals surface area contributed by atoms with E-state index in [0.29, 0.717) is 19.1 Å². The molecule has 0 N–H and O–H groups in total. The van der Waals surface area contributed by atoms with Gasteiger partial charge in [-0.25, -0.2) is 0 Å². The molecule has 0 atom stereocenters. The molecule has 1 saturated carbocycles. The zero-order valence-electron chi connectivity index (χ0n) is 14.4. The van der Waals surface area contributed by atoms with E-state index in [1.807, 2.05) is 11.0 Å². The van der Waals surface area contributed by atoms with Gasteiger partial charge in [0.25, 0.3) is 0 Å². The number of aromatic nitrogens is 1. The predicted molar refractivity (Wildman–Crippen MR) is 94.6 cm³/mol. The first-order chi connectivity index (χ1) is 11.8. The Labute approximate surface area is 144 Å². The number of rotatable bonds is 9. The van der Waals surface area contributed by atoms with Crippen LogP contribution in [0.1, 0.15) is 30.5 Å². The summed E-state index contributed by atoms with van der Waals surface area (Å²) in [6.07, 6.45) is 5.07. The van der Waals surface area contributed by atoms with Gasteiger partial charge in [-0.2, -0.15) is 0 Å². The maximum absolute atomic E-state index is 12.6. The van der Waals surface area contributed by atoms with Crippen LogP contribution >= 0.6 is 0 Å². The Morgan fingerprint density at radius 3 is 2.71 bits per heavy atom. The maximum atomic E-state index is 12.6. The molecule has 1 aromatic carbocycles. The van der Waals surface area contributed by atoms with E-state index in [9.17, 15) is 4.79 Å². The van der Waals surface area contributed by atoms with Crippen molar-refractivity contribution in [3.05, 3.63) is 59.9 Å². The van der Waals surface area contributed by atoms with Gasteiger partial charge in [0, 0.05) is 44.6 Å². The zero-order chi connectivity index (χ0) is 16.8. The molecule has 1 aliphatic rings. The van der Waals surface area contributed by atoms with Crippen LogP contribution < -0.4 is 0 Å². The fourth-order valence-electron chi connectivity index (χ4n) is 2.98. The van der Waals surface area contributed by atoms with Gasteiger partial charge in [0.1, 0.15) is 0 Å². The lowest BCUT2D eigenvalue weighted by Crippen LogP contribution is -2.34. The Hall–Kier alpha value is -2.07. The van der Waals surface area contributed by atoms with Crippen molar-refractivity contribution in [1.82, 2.24) is 9.47 Å². The number of amides is 1. The Kier molecular flexibility index (Phi) is 5.70. The standard InChI is InChI=1S/C20H26N2O2/c1-24-14-6-13-22(20(23)18-10-11-18)16-19-9-5-12-21(19)15-17-7-3-2-4-8-17/h2-5,7-9,12,18H,6,10-11,13-16H2,1H3. The Bertz CT molecular complexity index is 647. The third-order valence-electron chi connectivity index (χ3n) is 4.49. The van der Waals surface area contributed by atoms with E-state index >= 15 is 0 Å². The fourth-order valence-corrected chi connectivity index (χ4v) is 2.98. The first-order valence-electron chi connectivity index (χ1n) is 8.73. The van der Waals surface area contributed by atoms with Gasteiger partial charge in [-0.15, -0.1) is 0 Å². The Balaban J connectivity index is 1.67. The van der Waals surface area contributed by atoms with Crippen LogP contribution in [0.5, 0.6) is 0 Å². The van der Waals surface area contributed by atoms with E-state index in [0.717, 1.165) is 32.4 Å². The highest BCUT2D eigenvalue weighted by Crippen LogP contribution is 2.31. The molecule has 3 rings (SSSR count). The second-order valence-electron chi connectivity index (χ2n) is 6.49. The number of carbonyl (C=O) groups excluding carboxylic acids is 1. The van der Waals surface area contributed by atoms with Gasteiger partial charge in [-0.3, -0.25) is 4.79 Å². The number of carbonyl (C=O) groups is 1. The molecule has 1 amide bonds. The second-order valence-corrected chi connectivity index (χ2v) is 6.49. The Morgan fingerprint density at radius 1 is 1.21 bits per heavy atom. The molecule has 24 heavy (non-hydrogen) atoms. The summed E-state index contributed by atoms with van der Waals surface area (Å²) in [4.78, 5) is 14.6. The minimum Gasteiger partial charge on any atom is -0.385 e. The summed E-state index contributed by atoms with van der Waals surface area (Å²) >= 11 is 0. The van der Waals surface area contributed by atoms with E-state index in [4.69, 9.17) is 4.74 Å². The van der Waals surface area contributed by atoms with Crippen LogP contribution in [0, 0.1) is 5.92 Å². The molecule has 0 unspecified atom stereocenters. The Morgan fingerprint density at radius 2 is 2.00 bits per heavy atom. The molecule has 1 heterocycles. The lowest BCUT2D eigenvalue weighted by atomic mass is 10.2. The molecule has 0 bridgehead atoms. The van der Waals surface area contributed by atoms with Crippen LogP contribution in [0.25, 0.3) is 0 Å². The van der Waals surface area contributed by atoms with Crippen molar-refractivity contribution in [1.29, 1.82) is 0 Å². The number of hydrogen-bond acceptors (Lipinski definition) is 2. The highest BCUT2D eigenvalue weighted by molar-refractivity contribution is 5.81. The molecule has 0 radical (unpaired) electrons. The highest BCUT2D eigenvalue weighted by Gasteiger charge is 2.33. The van der Waals surface area contributed by atoms with Crippen molar-refractivity contribution < 1.29 is 9.53 Å². The number of ether oxygens (including phenoxy) is 1. The van der Waals surface area contributed by atoms with Gasteiger partial charge in [0.15, 0.2) is 0 Å². The molecular formula is C20H26N2O2. The van der Waals surface area contributed by atoms with Crippen molar-refractivity contribution in [2.24, 2.45) is 5.92 Å². The van der Waals surface area contributed by atoms with Crippen molar-refractivity contribution >= 4 is 5.91 Å². The molecule has 2 aromatic rings. The maximum Gasteiger partial charge on any atom is 0.226 e. The van der Waals surface area contributed by atoms with Crippen LogP contribution in [-0.4, -0.2) is 35.6 Å². The number of methoxy groups -OCH3 is 1. The summed E-state index contributed by atoms with van der Waals surface area (Å²) in [6, 6.07) is 14.6. The minimum atomic E-state index is 0.255.